The number of carbonyl (C=O) groups excluding carboxylic acids is 3. The number of benzene rings is 2. The molecule has 1 aliphatic carbocycles. The van der Waals surface area contributed by atoms with Gasteiger partial charge in [-0.3, -0.25) is 19.1 Å². The minimum absolute atomic E-state index is 0.0689. The molecule has 1 saturated heterocycles. The van der Waals surface area contributed by atoms with Gasteiger partial charge >= 0.3 is 0 Å². The Labute approximate surface area is 255 Å². The summed E-state index contributed by atoms with van der Waals surface area (Å²) in [6, 6.07) is 12.2. The van der Waals surface area contributed by atoms with Crippen molar-refractivity contribution in [1.29, 1.82) is 0 Å². The van der Waals surface area contributed by atoms with Crippen molar-refractivity contribution in [3.05, 3.63) is 83.3 Å². The van der Waals surface area contributed by atoms with Gasteiger partial charge in [0.2, 0.25) is 11.8 Å². The Morgan fingerprint density at radius 1 is 1.02 bits per heavy atom. The minimum Gasteiger partial charge on any atom is -0.348 e. The van der Waals surface area contributed by atoms with Gasteiger partial charge in [0, 0.05) is 36.3 Å². The lowest BCUT2D eigenvalue weighted by Gasteiger charge is -2.27. The Morgan fingerprint density at radius 3 is 2.41 bits per heavy atom. The molecule has 1 saturated carbocycles. The molecule has 2 fully saturated rings. The second kappa shape index (κ2) is 11.1. The Morgan fingerprint density at radius 2 is 1.73 bits per heavy atom. The van der Waals surface area contributed by atoms with Gasteiger partial charge in [0.1, 0.15) is 29.9 Å². The first-order valence-corrected chi connectivity index (χ1v) is 14.8. The third-order valence-corrected chi connectivity index (χ3v) is 9.02. The highest BCUT2D eigenvalue weighted by Crippen LogP contribution is 2.59. The fourth-order valence-electron chi connectivity index (χ4n) is 6.44. The average Bonchev–Trinajstić information content (AvgIpc) is 3.35. The standard InChI is InChI=1S/C34H35FN6O3/c1-19-11-24(25-15-36-22(4)37-16-25)12-26-31(21(3)42)39-40(32(19)26)18-30(43)41-28(13-34(5)14-29(34)41)33(44)38-17-27(35)20(2)23-9-7-6-8-10-23/h6-12,15-16,28-29H,13-14,17-18H2,1-5H3,(H,38,44)/b27-20+/t28-,29?,34-/m0/s1. The van der Waals surface area contributed by atoms with Crippen molar-refractivity contribution in [2.75, 3.05) is 6.54 Å². The molecule has 2 aromatic carbocycles. The minimum atomic E-state index is -0.709. The number of allylic oxidation sites excluding steroid dienone is 1. The number of aryl methyl sites for hydroxylation is 2. The van der Waals surface area contributed by atoms with Crippen molar-refractivity contribution in [3.63, 3.8) is 0 Å². The highest BCUT2D eigenvalue weighted by atomic mass is 19.1. The van der Waals surface area contributed by atoms with E-state index in [0.717, 1.165) is 28.7 Å². The Kier molecular flexibility index (Phi) is 7.39. The van der Waals surface area contributed by atoms with Crippen molar-refractivity contribution in [1.82, 2.24) is 30.0 Å². The summed E-state index contributed by atoms with van der Waals surface area (Å²) in [6.45, 7) is 8.55. The maximum Gasteiger partial charge on any atom is 0.245 e. The van der Waals surface area contributed by atoms with Gasteiger partial charge < -0.3 is 10.2 Å². The van der Waals surface area contributed by atoms with Crippen LogP contribution in [0.15, 0.2) is 60.7 Å². The van der Waals surface area contributed by atoms with Gasteiger partial charge in [0.15, 0.2) is 5.78 Å². The molecule has 3 atom stereocenters. The molecule has 1 aliphatic heterocycles. The predicted molar refractivity (Wildman–Crippen MR) is 165 cm³/mol. The summed E-state index contributed by atoms with van der Waals surface area (Å²) >= 11 is 0. The van der Waals surface area contributed by atoms with Crippen LogP contribution in [0.2, 0.25) is 0 Å². The largest absolute Gasteiger partial charge is 0.348 e. The number of aromatic nitrogens is 4. The highest BCUT2D eigenvalue weighted by molar-refractivity contribution is 6.07. The number of carbonyl (C=O) groups is 3. The number of nitrogens with zero attached hydrogens (tertiary/aromatic N) is 5. The molecule has 226 valence electrons. The smallest absolute Gasteiger partial charge is 0.245 e. The van der Waals surface area contributed by atoms with E-state index in [-0.39, 0.29) is 47.8 Å². The molecule has 3 heterocycles. The second-order valence-corrected chi connectivity index (χ2v) is 12.3. The molecule has 1 unspecified atom stereocenters. The number of Topliss-reactive ketones (excluding diaryl/α,β-unsaturated/α-hetero) is 1. The van der Waals surface area contributed by atoms with E-state index in [2.05, 4.69) is 27.3 Å². The summed E-state index contributed by atoms with van der Waals surface area (Å²) in [5.41, 5.74) is 4.51. The quantitative estimate of drug-likeness (QED) is 0.281. The molecule has 2 aliphatic rings. The molecule has 9 nitrogen and oxygen atoms in total. The third-order valence-electron chi connectivity index (χ3n) is 9.02. The SMILES string of the molecule is CC(=O)c1nn(CC(=O)N2C3C[C@]3(C)C[C@H]2C(=O)NC/C(F)=C(/C)c2ccccc2)c2c(C)cc(-c3cnc(C)nc3)cc12. The summed E-state index contributed by atoms with van der Waals surface area (Å²) in [4.78, 5) is 50.1. The third kappa shape index (κ3) is 5.29. The average molecular weight is 595 g/mol. The molecule has 44 heavy (non-hydrogen) atoms. The van der Waals surface area contributed by atoms with Gasteiger partial charge in [-0.15, -0.1) is 0 Å². The van der Waals surface area contributed by atoms with Crippen molar-refractivity contribution in [2.45, 2.75) is 66.1 Å². The number of likely N-dealkylation sites (tertiary alicyclic amines) is 1. The Hall–Kier alpha value is -4.73. The van der Waals surface area contributed by atoms with Crippen molar-refractivity contribution in [3.8, 4) is 11.1 Å². The van der Waals surface area contributed by atoms with Gasteiger partial charge in [-0.05, 0) is 73.4 Å². The first kappa shape index (κ1) is 29.3. The van der Waals surface area contributed by atoms with E-state index < -0.39 is 11.9 Å². The number of fused-ring (bicyclic) bond motifs is 2. The molecule has 2 amide bonds. The lowest BCUT2D eigenvalue weighted by atomic mass is 10.0. The molecular weight excluding hydrogens is 559 g/mol. The molecule has 0 radical (unpaired) electrons. The van der Waals surface area contributed by atoms with Crippen LogP contribution < -0.4 is 5.32 Å². The first-order valence-electron chi connectivity index (χ1n) is 14.8. The Bertz CT molecular complexity index is 1830. The number of nitrogens with one attached hydrogen (secondary N) is 1. The van der Waals surface area contributed by atoms with Gasteiger partial charge in [0.05, 0.1) is 12.1 Å². The topological polar surface area (TPSA) is 110 Å². The maximum atomic E-state index is 15.0. The molecule has 0 bridgehead atoms. The number of amides is 2. The number of hydrogen-bond donors (Lipinski definition) is 1. The Balaban J connectivity index is 1.25. The normalized spacial score (nSPS) is 21.2. The van der Waals surface area contributed by atoms with E-state index >= 15 is 0 Å². The van der Waals surface area contributed by atoms with E-state index in [4.69, 9.17) is 0 Å². The molecule has 6 rings (SSSR count). The van der Waals surface area contributed by atoms with Crippen LogP contribution in [0.3, 0.4) is 0 Å². The zero-order valence-corrected chi connectivity index (χ0v) is 25.5. The molecule has 10 heteroatoms. The maximum absolute atomic E-state index is 15.0. The van der Waals surface area contributed by atoms with Crippen molar-refractivity contribution >= 4 is 34.1 Å². The molecule has 4 aromatic rings. The summed E-state index contributed by atoms with van der Waals surface area (Å²) in [5, 5.41) is 7.94. The van der Waals surface area contributed by atoms with Crippen LogP contribution in [0.4, 0.5) is 4.39 Å². The van der Waals surface area contributed by atoms with E-state index in [0.29, 0.717) is 28.7 Å². The van der Waals surface area contributed by atoms with Gasteiger partial charge in [-0.2, -0.15) is 5.10 Å². The first-order chi connectivity index (χ1) is 21.0. The number of rotatable bonds is 8. The highest BCUT2D eigenvalue weighted by Gasteiger charge is 2.64. The van der Waals surface area contributed by atoms with Gasteiger partial charge in [-0.1, -0.05) is 37.3 Å². The molecule has 1 N–H and O–H groups in total. The molecule has 2 aromatic heterocycles. The molecule has 0 spiro atoms. The summed E-state index contributed by atoms with van der Waals surface area (Å²) in [5.74, 6) is -0.621. The number of piperidine rings is 1. The van der Waals surface area contributed by atoms with Crippen molar-refractivity contribution in [2.24, 2.45) is 5.41 Å². The zero-order chi connectivity index (χ0) is 31.3. The monoisotopic (exact) mass is 594 g/mol. The lowest BCUT2D eigenvalue weighted by Crippen LogP contribution is -2.49. The summed E-state index contributed by atoms with van der Waals surface area (Å²) < 4.78 is 16.5. The van der Waals surface area contributed by atoms with E-state index in [9.17, 15) is 18.8 Å². The van der Waals surface area contributed by atoms with Crippen LogP contribution in [0.5, 0.6) is 0 Å². The summed E-state index contributed by atoms with van der Waals surface area (Å²) in [6.07, 6.45) is 4.79. The van der Waals surface area contributed by atoms with Crippen LogP contribution >= 0.6 is 0 Å². The predicted octanol–water partition coefficient (Wildman–Crippen LogP) is 5.21. The fraction of sp³-hybridized carbons (Fsp3) is 0.353. The summed E-state index contributed by atoms with van der Waals surface area (Å²) in [7, 11) is 0. The van der Waals surface area contributed by atoms with E-state index in [1.807, 2.05) is 56.3 Å². The van der Waals surface area contributed by atoms with Gasteiger partial charge in [-0.25, -0.2) is 14.4 Å². The lowest BCUT2D eigenvalue weighted by molar-refractivity contribution is -0.140. The van der Waals surface area contributed by atoms with Crippen LogP contribution in [0.25, 0.3) is 27.6 Å². The zero-order valence-electron chi connectivity index (χ0n) is 25.5. The number of halogens is 1. The van der Waals surface area contributed by atoms with Crippen LogP contribution in [-0.2, 0) is 16.1 Å². The van der Waals surface area contributed by atoms with Crippen LogP contribution in [0, 0.1) is 19.3 Å². The number of ketones is 1. The van der Waals surface area contributed by atoms with Crippen LogP contribution in [0.1, 0.15) is 61.1 Å². The fourth-order valence-corrected chi connectivity index (χ4v) is 6.44. The number of hydrogen-bond acceptors (Lipinski definition) is 6. The van der Waals surface area contributed by atoms with Crippen LogP contribution in [-0.4, -0.2) is 60.9 Å². The van der Waals surface area contributed by atoms with Gasteiger partial charge in [0.25, 0.3) is 0 Å². The van der Waals surface area contributed by atoms with E-state index in [1.165, 1.54) is 6.92 Å². The van der Waals surface area contributed by atoms with Crippen molar-refractivity contribution < 1.29 is 18.8 Å². The molecular formula is C34H35FN6O3. The second-order valence-electron chi connectivity index (χ2n) is 12.3. The van der Waals surface area contributed by atoms with E-state index in [1.54, 1.807) is 28.9 Å².